The third-order valence-corrected chi connectivity index (χ3v) is 3.34. The molecule has 84 valence electrons. The molecule has 1 atom stereocenters. The molecular weight excluding hydrogens is 220 g/mol. The van der Waals surface area contributed by atoms with E-state index in [4.69, 9.17) is 16.0 Å². The fraction of sp³-hybridized carbons (Fsp3) is 0.286. The number of aryl methyl sites for hydroxylation is 3. The molecule has 2 aromatic rings. The molecule has 2 rings (SSSR count). The molecular formula is C14H15ClO. The second-order valence-electron chi connectivity index (χ2n) is 4.15. The Hall–Kier alpha value is -1.21. The first-order chi connectivity index (χ1) is 7.59. The fourth-order valence-corrected chi connectivity index (χ4v) is 2.41. The maximum absolute atomic E-state index is 6.48. The minimum absolute atomic E-state index is 0.126. The zero-order valence-corrected chi connectivity index (χ0v) is 10.5. The molecule has 0 spiro atoms. The Morgan fingerprint density at radius 3 is 2.38 bits per heavy atom. The van der Waals surface area contributed by atoms with Gasteiger partial charge in [0.2, 0.25) is 0 Å². The number of alkyl halides is 1. The second kappa shape index (κ2) is 4.34. The van der Waals surface area contributed by atoms with E-state index in [-0.39, 0.29) is 5.38 Å². The van der Waals surface area contributed by atoms with E-state index in [0.29, 0.717) is 0 Å². The Morgan fingerprint density at radius 2 is 1.81 bits per heavy atom. The van der Waals surface area contributed by atoms with Gasteiger partial charge in [-0.1, -0.05) is 23.8 Å². The zero-order valence-electron chi connectivity index (χ0n) is 9.75. The van der Waals surface area contributed by atoms with Gasteiger partial charge in [-0.25, -0.2) is 0 Å². The van der Waals surface area contributed by atoms with Crippen LogP contribution in [0.25, 0.3) is 0 Å². The van der Waals surface area contributed by atoms with E-state index in [9.17, 15) is 0 Å². The summed E-state index contributed by atoms with van der Waals surface area (Å²) < 4.78 is 5.29. The standard InChI is InChI=1S/C14H15ClO/c1-9-4-5-12(10(2)8-9)14(15)13-6-7-16-11(13)3/h4-8,14H,1-3H3. The van der Waals surface area contributed by atoms with Gasteiger partial charge in [-0.2, -0.15) is 0 Å². The van der Waals surface area contributed by atoms with Gasteiger partial charge < -0.3 is 4.42 Å². The normalized spacial score (nSPS) is 12.8. The second-order valence-corrected chi connectivity index (χ2v) is 4.59. The maximum atomic E-state index is 6.48. The summed E-state index contributed by atoms with van der Waals surface area (Å²) in [7, 11) is 0. The van der Waals surface area contributed by atoms with Crippen LogP contribution in [0.1, 0.15) is 33.4 Å². The van der Waals surface area contributed by atoms with Crippen LogP contribution in [0.15, 0.2) is 34.9 Å². The van der Waals surface area contributed by atoms with Gasteiger partial charge in [-0.15, -0.1) is 11.6 Å². The van der Waals surface area contributed by atoms with Crippen molar-refractivity contribution in [2.45, 2.75) is 26.1 Å². The molecule has 0 aliphatic heterocycles. The highest BCUT2D eigenvalue weighted by molar-refractivity contribution is 6.22. The Morgan fingerprint density at radius 1 is 1.06 bits per heavy atom. The Bertz CT molecular complexity index is 499. The van der Waals surface area contributed by atoms with Crippen LogP contribution in [0.4, 0.5) is 0 Å². The van der Waals surface area contributed by atoms with Crippen LogP contribution < -0.4 is 0 Å². The van der Waals surface area contributed by atoms with Crippen molar-refractivity contribution in [2.24, 2.45) is 0 Å². The minimum atomic E-state index is -0.126. The molecule has 0 aliphatic carbocycles. The third kappa shape index (κ3) is 2.00. The molecule has 0 N–H and O–H groups in total. The molecule has 0 amide bonds. The molecule has 1 heterocycles. The lowest BCUT2D eigenvalue weighted by atomic mass is 9.99. The van der Waals surface area contributed by atoms with Gasteiger partial charge in [-0.05, 0) is 38.0 Å². The van der Waals surface area contributed by atoms with Gasteiger partial charge in [0.05, 0.1) is 11.6 Å². The molecule has 0 radical (unpaired) electrons. The maximum Gasteiger partial charge on any atom is 0.105 e. The first kappa shape index (κ1) is 11.3. The predicted octanol–water partition coefficient (Wildman–Crippen LogP) is 4.53. The number of benzene rings is 1. The van der Waals surface area contributed by atoms with Gasteiger partial charge in [0, 0.05) is 5.56 Å². The Balaban J connectivity index is 2.41. The van der Waals surface area contributed by atoms with Gasteiger partial charge in [0.1, 0.15) is 5.76 Å². The van der Waals surface area contributed by atoms with Crippen LogP contribution >= 0.6 is 11.6 Å². The molecule has 0 bridgehead atoms. The Kier molecular flexibility index (Phi) is 3.06. The number of halogens is 1. The SMILES string of the molecule is Cc1ccc(C(Cl)c2ccoc2C)c(C)c1. The van der Waals surface area contributed by atoms with Gasteiger partial charge in [0.15, 0.2) is 0 Å². The van der Waals surface area contributed by atoms with E-state index in [0.717, 1.165) is 16.9 Å². The summed E-state index contributed by atoms with van der Waals surface area (Å²) in [5.74, 6) is 0.889. The monoisotopic (exact) mass is 234 g/mol. The minimum Gasteiger partial charge on any atom is -0.469 e. The highest BCUT2D eigenvalue weighted by Crippen LogP contribution is 2.33. The molecule has 1 aromatic heterocycles. The number of rotatable bonds is 2. The topological polar surface area (TPSA) is 13.1 Å². The van der Waals surface area contributed by atoms with Crippen LogP contribution in [0, 0.1) is 20.8 Å². The molecule has 0 aliphatic rings. The van der Waals surface area contributed by atoms with Crippen LogP contribution in [-0.2, 0) is 0 Å². The van der Waals surface area contributed by atoms with E-state index in [1.165, 1.54) is 11.1 Å². The van der Waals surface area contributed by atoms with Crippen LogP contribution in [0.2, 0.25) is 0 Å². The molecule has 1 aromatic carbocycles. The molecule has 2 heteroatoms. The van der Waals surface area contributed by atoms with Crippen molar-refractivity contribution < 1.29 is 4.42 Å². The molecule has 1 unspecified atom stereocenters. The van der Waals surface area contributed by atoms with E-state index in [1.54, 1.807) is 6.26 Å². The largest absolute Gasteiger partial charge is 0.469 e. The first-order valence-electron chi connectivity index (χ1n) is 5.35. The molecule has 0 saturated carbocycles. The average molecular weight is 235 g/mol. The lowest BCUT2D eigenvalue weighted by molar-refractivity contribution is 0.530. The van der Waals surface area contributed by atoms with Crippen LogP contribution in [-0.4, -0.2) is 0 Å². The van der Waals surface area contributed by atoms with Gasteiger partial charge >= 0.3 is 0 Å². The number of furan rings is 1. The lowest BCUT2D eigenvalue weighted by Crippen LogP contribution is -1.96. The molecule has 1 nitrogen and oxygen atoms in total. The van der Waals surface area contributed by atoms with E-state index >= 15 is 0 Å². The third-order valence-electron chi connectivity index (χ3n) is 2.87. The summed E-state index contributed by atoms with van der Waals surface area (Å²) in [6.07, 6.45) is 1.68. The van der Waals surface area contributed by atoms with E-state index < -0.39 is 0 Å². The van der Waals surface area contributed by atoms with Crippen LogP contribution in [0.5, 0.6) is 0 Å². The molecule has 0 fully saturated rings. The van der Waals surface area contributed by atoms with E-state index in [1.807, 2.05) is 13.0 Å². The fourth-order valence-electron chi connectivity index (χ4n) is 1.94. The Labute approximate surface area is 101 Å². The quantitative estimate of drug-likeness (QED) is 0.696. The molecule has 16 heavy (non-hydrogen) atoms. The highest BCUT2D eigenvalue weighted by Gasteiger charge is 2.16. The highest BCUT2D eigenvalue weighted by atomic mass is 35.5. The average Bonchev–Trinajstić information content (AvgIpc) is 2.63. The summed E-state index contributed by atoms with van der Waals surface area (Å²) >= 11 is 6.48. The smallest absolute Gasteiger partial charge is 0.105 e. The summed E-state index contributed by atoms with van der Waals surface area (Å²) in [6, 6.07) is 8.27. The summed E-state index contributed by atoms with van der Waals surface area (Å²) in [5, 5.41) is -0.126. The van der Waals surface area contributed by atoms with Crippen molar-refractivity contribution in [2.75, 3.05) is 0 Å². The van der Waals surface area contributed by atoms with Crippen molar-refractivity contribution in [1.82, 2.24) is 0 Å². The zero-order chi connectivity index (χ0) is 11.7. The summed E-state index contributed by atoms with van der Waals surface area (Å²) in [5.41, 5.74) is 4.68. The van der Waals surface area contributed by atoms with Crippen molar-refractivity contribution in [1.29, 1.82) is 0 Å². The van der Waals surface area contributed by atoms with Crippen molar-refractivity contribution >= 4 is 11.6 Å². The number of hydrogen-bond acceptors (Lipinski definition) is 1. The van der Waals surface area contributed by atoms with E-state index in [2.05, 4.69) is 32.0 Å². The predicted molar refractivity (Wildman–Crippen MR) is 67.1 cm³/mol. The summed E-state index contributed by atoms with van der Waals surface area (Å²) in [6.45, 7) is 6.12. The van der Waals surface area contributed by atoms with Crippen LogP contribution in [0.3, 0.4) is 0 Å². The number of hydrogen-bond donors (Lipinski definition) is 0. The van der Waals surface area contributed by atoms with Crippen molar-refractivity contribution in [3.05, 3.63) is 58.5 Å². The van der Waals surface area contributed by atoms with Gasteiger partial charge in [-0.3, -0.25) is 0 Å². The van der Waals surface area contributed by atoms with Gasteiger partial charge in [0.25, 0.3) is 0 Å². The van der Waals surface area contributed by atoms with Crippen molar-refractivity contribution in [3.8, 4) is 0 Å². The first-order valence-corrected chi connectivity index (χ1v) is 5.78. The lowest BCUT2D eigenvalue weighted by Gasteiger charge is -2.12. The van der Waals surface area contributed by atoms with Crippen molar-refractivity contribution in [3.63, 3.8) is 0 Å². The molecule has 0 saturated heterocycles. The summed E-state index contributed by atoms with van der Waals surface area (Å²) in [4.78, 5) is 0.